The van der Waals surface area contributed by atoms with Gasteiger partial charge in [0.15, 0.2) is 0 Å². The Bertz CT molecular complexity index is 3220. The van der Waals surface area contributed by atoms with E-state index in [9.17, 15) is 0 Å². The van der Waals surface area contributed by atoms with E-state index >= 15 is 0 Å². The predicted molar refractivity (Wildman–Crippen MR) is 214 cm³/mol. The van der Waals surface area contributed by atoms with Gasteiger partial charge in [-0.1, -0.05) is 97.1 Å². The summed E-state index contributed by atoms with van der Waals surface area (Å²) in [5.41, 5.74) is 11.5. The Kier molecular flexibility index (Phi) is 5.06. The van der Waals surface area contributed by atoms with Crippen molar-refractivity contribution in [3.63, 3.8) is 0 Å². The lowest BCUT2D eigenvalue weighted by molar-refractivity contribution is 1.19. The maximum absolute atomic E-state index is 2.51. The van der Waals surface area contributed by atoms with E-state index in [1.807, 2.05) is 22.7 Å². The number of nitrogens with zero attached hydrogens (tertiary/aromatic N) is 1. The second-order valence-corrected chi connectivity index (χ2v) is 15.4. The van der Waals surface area contributed by atoms with Crippen LogP contribution in [0.15, 0.2) is 152 Å². The first kappa shape index (κ1) is 26.2. The zero-order valence-corrected chi connectivity index (χ0v) is 27.8. The number of benzene rings is 8. The molecule has 0 radical (unpaired) electrons. The van der Waals surface area contributed by atoms with E-state index in [1.165, 1.54) is 112 Å². The van der Waals surface area contributed by atoms with Crippen molar-refractivity contribution in [2.24, 2.45) is 0 Å². The van der Waals surface area contributed by atoms with Crippen molar-refractivity contribution in [3.05, 3.63) is 152 Å². The molecule has 0 saturated heterocycles. The molecule has 1 nitrogen and oxygen atoms in total. The molecular weight excluding hydrogens is 631 g/mol. The Morgan fingerprint density at radius 3 is 1.78 bits per heavy atom. The number of hydrogen-bond acceptors (Lipinski definition) is 2. The van der Waals surface area contributed by atoms with Crippen LogP contribution in [0, 0.1) is 0 Å². The fourth-order valence-electron chi connectivity index (χ4n) is 8.60. The number of thiophene rings is 2. The molecule has 0 bridgehead atoms. The molecule has 226 valence electrons. The maximum Gasteiger partial charge on any atom is 0.0553 e. The van der Waals surface area contributed by atoms with Crippen molar-refractivity contribution in [2.75, 3.05) is 0 Å². The molecule has 3 heterocycles. The molecule has 0 unspecified atom stereocenters. The van der Waals surface area contributed by atoms with Crippen LogP contribution in [0.1, 0.15) is 0 Å². The lowest BCUT2D eigenvalue weighted by Crippen LogP contribution is -1.94. The van der Waals surface area contributed by atoms with Gasteiger partial charge in [0.25, 0.3) is 0 Å². The molecule has 1 aliphatic rings. The van der Waals surface area contributed by atoms with Crippen LogP contribution < -0.4 is 0 Å². The fourth-order valence-corrected chi connectivity index (χ4v) is 10.8. The molecule has 3 heteroatoms. The number of fused-ring (bicyclic) bond motifs is 13. The van der Waals surface area contributed by atoms with Crippen LogP contribution in [0.2, 0.25) is 0 Å². The standard InChI is InChI=1S/C46H25NS2/c1-2-9-30-29(8-1)34-12-7-13-35-45(34)37(30)25-40-46(35)38-23-26(27-17-21-43-36(22-27)32-11-4-6-15-42(32)48-43)16-20-39(38)47(40)28-18-19-33-31-10-3-5-14-41(31)49-44(33)24-28/h1-25H. The lowest BCUT2D eigenvalue weighted by atomic mass is 9.96. The van der Waals surface area contributed by atoms with Gasteiger partial charge >= 0.3 is 0 Å². The summed E-state index contributed by atoms with van der Waals surface area (Å²) < 4.78 is 7.84. The Labute approximate surface area is 289 Å². The van der Waals surface area contributed by atoms with Crippen LogP contribution in [-0.2, 0) is 0 Å². The second-order valence-electron chi connectivity index (χ2n) is 13.2. The predicted octanol–water partition coefficient (Wildman–Crippen LogP) is 14.0. The summed E-state index contributed by atoms with van der Waals surface area (Å²) in [5, 5.41) is 10.6. The molecule has 11 aromatic rings. The highest BCUT2D eigenvalue weighted by Gasteiger charge is 2.25. The minimum Gasteiger partial charge on any atom is -0.309 e. The molecular formula is C46H25NS2. The van der Waals surface area contributed by atoms with Crippen molar-refractivity contribution >= 4 is 95.6 Å². The van der Waals surface area contributed by atoms with Gasteiger partial charge in [-0.05, 0) is 98.8 Å². The molecule has 0 N–H and O–H groups in total. The molecule has 0 spiro atoms. The van der Waals surface area contributed by atoms with E-state index in [-0.39, 0.29) is 0 Å². The third-order valence-corrected chi connectivity index (χ3v) is 13.0. The highest BCUT2D eigenvalue weighted by Crippen LogP contribution is 2.51. The summed E-state index contributed by atoms with van der Waals surface area (Å²) in [4.78, 5) is 0. The van der Waals surface area contributed by atoms with Crippen LogP contribution in [0.4, 0.5) is 0 Å². The smallest absolute Gasteiger partial charge is 0.0553 e. The molecule has 0 fully saturated rings. The summed E-state index contributed by atoms with van der Waals surface area (Å²) in [6.45, 7) is 0. The SMILES string of the molecule is c1ccc2c(c1)-c1cccc3c1c-2cc1c3c2cc(-c3ccc4sc5ccccc5c4c3)ccc2n1-c1ccc2c(c1)sc1ccccc12. The summed E-state index contributed by atoms with van der Waals surface area (Å²) in [6.07, 6.45) is 0. The molecule has 0 saturated carbocycles. The van der Waals surface area contributed by atoms with Gasteiger partial charge in [-0.15, -0.1) is 22.7 Å². The summed E-state index contributed by atoms with van der Waals surface area (Å²) >= 11 is 3.76. The van der Waals surface area contributed by atoms with Crippen molar-refractivity contribution < 1.29 is 0 Å². The normalized spacial score (nSPS) is 12.5. The second kappa shape index (κ2) is 9.45. The quantitative estimate of drug-likeness (QED) is 0.175. The lowest BCUT2D eigenvalue weighted by Gasteiger charge is -2.10. The molecule has 49 heavy (non-hydrogen) atoms. The van der Waals surface area contributed by atoms with Crippen LogP contribution in [0.25, 0.3) is 112 Å². The topological polar surface area (TPSA) is 4.93 Å². The van der Waals surface area contributed by atoms with E-state index in [0.29, 0.717) is 0 Å². The molecule has 8 aromatic carbocycles. The largest absolute Gasteiger partial charge is 0.309 e. The molecule has 1 aliphatic carbocycles. The van der Waals surface area contributed by atoms with Crippen LogP contribution in [-0.4, -0.2) is 4.57 Å². The number of rotatable bonds is 2. The first-order valence-corrected chi connectivity index (χ1v) is 18.4. The van der Waals surface area contributed by atoms with E-state index in [2.05, 4.69) is 156 Å². The molecule has 0 amide bonds. The van der Waals surface area contributed by atoms with Gasteiger partial charge in [0, 0.05) is 56.8 Å². The monoisotopic (exact) mass is 655 g/mol. The Balaban J connectivity index is 1.18. The highest BCUT2D eigenvalue weighted by molar-refractivity contribution is 7.26. The molecule has 12 rings (SSSR count). The van der Waals surface area contributed by atoms with Crippen LogP contribution in [0.5, 0.6) is 0 Å². The van der Waals surface area contributed by atoms with Gasteiger partial charge in [0.1, 0.15) is 0 Å². The summed E-state index contributed by atoms with van der Waals surface area (Å²) in [6, 6.07) is 56.9. The van der Waals surface area contributed by atoms with E-state index in [4.69, 9.17) is 0 Å². The fraction of sp³-hybridized carbons (Fsp3) is 0. The summed E-state index contributed by atoms with van der Waals surface area (Å²) in [7, 11) is 0. The average Bonchev–Trinajstić information content (AvgIpc) is 3.89. The van der Waals surface area contributed by atoms with Crippen molar-refractivity contribution in [1.82, 2.24) is 4.57 Å². The van der Waals surface area contributed by atoms with E-state index in [1.54, 1.807) is 0 Å². The Morgan fingerprint density at radius 1 is 0.327 bits per heavy atom. The van der Waals surface area contributed by atoms with Gasteiger partial charge in [-0.2, -0.15) is 0 Å². The van der Waals surface area contributed by atoms with Crippen LogP contribution >= 0.6 is 22.7 Å². The number of hydrogen-bond donors (Lipinski definition) is 0. The zero-order valence-electron chi connectivity index (χ0n) is 26.2. The average molecular weight is 656 g/mol. The molecule has 0 aliphatic heterocycles. The number of aromatic nitrogens is 1. The van der Waals surface area contributed by atoms with Crippen molar-refractivity contribution in [3.8, 4) is 39.1 Å². The first-order valence-electron chi connectivity index (χ1n) is 16.8. The van der Waals surface area contributed by atoms with Gasteiger partial charge in [-0.25, -0.2) is 0 Å². The van der Waals surface area contributed by atoms with Gasteiger partial charge < -0.3 is 4.57 Å². The minimum absolute atomic E-state index is 1.20. The van der Waals surface area contributed by atoms with Crippen molar-refractivity contribution in [2.45, 2.75) is 0 Å². The Hall–Kier alpha value is -5.74. The zero-order chi connectivity index (χ0) is 31.8. The van der Waals surface area contributed by atoms with Gasteiger partial charge in [0.2, 0.25) is 0 Å². The molecule has 3 aromatic heterocycles. The molecule has 0 atom stereocenters. The van der Waals surface area contributed by atoms with Gasteiger partial charge in [0.05, 0.1) is 11.0 Å². The minimum atomic E-state index is 1.20. The Morgan fingerprint density at radius 2 is 0.939 bits per heavy atom. The maximum atomic E-state index is 2.51. The van der Waals surface area contributed by atoms with Crippen molar-refractivity contribution in [1.29, 1.82) is 0 Å². The highest BCUT2D eigenvalue weighted by atomic mass is 32.1. The third kappa shape index (κ3) is 3.48. The van der Waals surface area contributed by atoms with Gasteiger partial charge in [-0.3, -0.25) is 0 Å². The summed E-state index contributed by atoms with van der Waals surface area (Å²) in [5.74, 6) is 0. The van der Waals surface area contributed by atoms with E-state index in [0.717, 1.165) is 0 Å². The third-order valence-electron chi connectivity index (χ3n) is 10.7. The first-order chi connectivity index (χ1) is 24.3. The van der Waals surface area contributed by atoms with E-state index < -0.39 is 0 Å². The van der Waals surface area contributed by atoms with Crippen LogP contribution in [0.3, 0.4) is 0 Å².